The van der Waals surface area contributed by atoms with Gasteiger partial charge in [0.2, 0.25) is 5.91 Å². The lowest BCUT2D eigenvalue weighted by molar-refractivity contribution is -0.127. The SMILES string of the molecule is C=C/C(=C\C=C(/C=C)N1CCc2c(C(N)=O)nn(-c3ccccc3)c2C1=O)N(C)C(=O)CC. The zero-order valence-electron chi connectivity index (χ0n) is 18.8. The summed E-state index contributed by atoms with van der Waals surface area (Å²) in [6.45, 7) is 9.72. The van der Waals surface area contributed by atoms with E-state index in [-0.39, 0.29) is 17.5 Å². The number of nitrogens with two attached hydrogens (primary N) is 1. The first-order valence-electron chi connectivity index (χ1n) is 10.6. The molecule has 0 bridgehead atoms. The summed E-state index contributed by atoms with van der Waals surface area (Å²) < 4.78 is 1.46. The number of carbonyl (C=O) groups excluding carboxylic acids is 3. The Balaban J connectivity index is 2.05. The smallest absolute Gasteiger partial charge is 0.277 e. The summed E-state index contributed by atoms with van der Waals surface area (Å²) in [5.74, 6) is -1.05. The van der Waals surface area contributed by atoms with Crippen molar-refractivity contribution in [3.8, 4) is 5.69 Å². The van der Waals surface area contributed by atoms with Gasteiger partial charge in [0.1, 0.15) is 5.69 Å². The van der Waals surface area contributed by atoms with Gasteiger partial charge in [-0.2, -0.15) is 5.10 Å². The van der Waals surface area contributed by atoms with Crippen LogP contribution in [0.2, 0.25) is 0 Å². The van der Waals surface area contributed by atoms with Gasteiger partial charge in [-0.3, -0.25) is 14.4 Å². The van der Waals surface area contributed by atoms with Crippen molar-refractivity contribution in [3.05, 3.63) is 96.1 Å². The molecule has 0 unspecified atom stereocenters. The Bertz CT molecular complexity index is 1170. The fourth-order valence-corrected chi connectivity index (χ4v) is 3.70. The van der Waals surface area contributed by atoms with E-state index < -0.39 is 5.91 Å². The third kappa shape index (κ3) is 4.55. The Morgan fingerprint density at radius 3 is 2.45 bits per heavy atom. The van der Waals surface area contributed by atoms with Crippen molar-refractivity contribution in [1.29, 1.82) is 0 Å². The number of rotatable bonds is 8. The Morgan fingerprint density at radius 1 is 1.18 bits per heavy atom. The number of nitrogens with zero attached hydrogens (tertiary/aromatic N) is 4. The second kappa shape index (κ2) is 9.95. The van der Waals surface area contributed by atoms with Crippen molar-refractivity contribution in [2.45, 2.75) is 19.8 Å². The molecule has 0 fully saturated rings. The average molecular weight is 446 g/mol. The van der Waals surface area contributed by atoms with Crippen LogP contribution < -0.4 is 5.73 Å². The van der Waals surface area contributed by atoms with E-state index >= 15 is 0 Å². The predicted molar refractivity (Wildman–Crippen MR) is 126 cm³/mol. The van der Waals surface area contributed by atoms with Crippen LogP contribution in [0, 0.1) is 0 Å². The molecule has 3 rings (SSSR count). The van der Waals surface area contributed by atoms with E-state index in [1.807, 2.05) is 18.2 Å². The average Bonchev–Trinajstić information content (AvgIpc) is 3.23. The summed E-state index contributed by atoms with van der Waals surface area (Å²) in [7, 11) is 1.67. The summed E-state index contributed by atoms with van der Waals surface area (Å²) in [5.41, 5.74) is 8.25. The molecule has 2 heterocycles. The molecule has 3 amide bonds. The second-order valence-electron chi connectivity index (χ2n) is 7.39. The third-order valence-corrected chi connectivity index (χ3v) is 5.47. The number of hydrogen-bond donors (Lipinski definition) is 1. The van der Waals surface area contributed by atoms with Crippen molar-refractivity contribution in [2.75, 3.05) is 13.6 Å². The lowest BCUT2D eigenvalue weighted by atomic mass is 10.0. The molecule has 0 aliphatic carbocycles. The third-order valence-electron chi connectivity index (χ3n) is 5.47. The van der Waals surface area contributed by atoms with Gasteiger partial charge in [0.15, 0.2) is 5.69 Å². The van der Waals surface area contributed by atoms with E-state index in [1.54, 1.807) is 55.3 Å². The van der Waals surface area contributed by atoms with Gasteiger partial charge in [-0.15, -0.1) is 0 Å². The molecule has 0 spiro atoms. The van der Waals surface area contributed by atoms with Gasteiger partial charge in [-0.05, 0) is 42.9 Å². The van der Waals surface area contributed by atoms with Crippen LogP contribution in [0.1, 0.15) is 39.9 Å². The van der Waals surface area contributed by atoms with E-state index in [1.165, 1.54) is 9.58 Å². The lowest BCUT2D eigenvalue weighted by Crippen LogP contribution is -2.38. The van der Waals surface area contributed by atoms with Gasteiger partial charge in [0, 0.05) is 37.0 Å². The van der Waals surface area contributed by atoms with E-state index in [2.05, 4.69) is 18.3 Å². The van der Waals surface area contributed by atoms with E-state index in [4.69, 9.17) is 5.73 Å². The van der Waals surface area contributed by atoms with Gasteiger partial charge in [0.05, 0.1) is 5.69 Å². The van der Waals surface area contributed by atoms with Crippen LogP contribution in [0.3, 0.4) is 0 Å². The first-order chi connectivity index (χ1) is 15.8. The number of amides is 3. The number of benzene rings is 1. The molecule has 1 aromatic carbocycles. The van der Waals surface area contributed by atoms with E-state index in [0.29, 0.717) is 47.7 Å². The van der Waals surface area contributed by atoms with Crippen molar-refractivity contribution in [3.63, 3.8) is 0 Å². The number of likely N-dealkylation sites (N-methyl/N-ethyl adjacent to an activating group) is 1. The summed E-state index contributed by atoms with van der Waals surface area (Å²) in [6, 6.07) is 9.10. The van der Waals surface area contributed by atoms with Crippen LogP contribution in [-0.4, -0.2) is 50.9 Å². The predicted octanol–water partition coefficient (Wildman–Crippen LogP) is 2.98. The van der Waals surface area contributed by atoms with Gasteiger partial charge in [0.25, 0.3) is 11.8 Å². The van der Waals surface area contributed by atoms with Crippen LogP contribution in [0.25, 0.3) is 5.69 Å². The minimum Gasteiger partial charge on any atom is -0.364 e. The van der Waals surface area contributed by atoms with Crippen LogP contribution in [0.5, 0.6) is 0 Å². The summed E-state index contributed by atoms with van der Waals surface area (Å²) in [5, 5.41) is 4.35. The zero-order chi connectivity index (χ0) is 24.1. The summed E-state index contributed by atoms with van der Waals surface area (Å²) >= 11 is 0. The number of primary amides is 1. The maximum Gasteiger partial charge on any atom is 0.277 e. The van der Waals surface area contributed by atoms with E-state index in [9.17, 15) is 14.4 Å². The maximum absolute atomic E-state index is 13.6. The highest BCUT2D eigenvalue weighted by Gasteiger charge is 2.34. The number of para-hydroxylation sites is 1. The van der Waals surface area contributed by atoms with Gasteiger partial charge in [-0.1, -0.05) is 38.3 Å². The highest BCUT2D eigenvalue weighted by atomic mass is 16.2. The molecule has 1 aromatic heterocycles. The lowest BCUT2D eigenvalue weighted by Gasteiger charge is -2.28. The molecule has 1 aliphatic rings. The van der Waals surface area contributed by atoms with Crippen molar-refractivity contribution >= 4 is 17.7 Å². The quantitative estimate of drug-likeness (QED) is 0.631. The Morgan fingerprint density at radius 2 is 1.88 bits per heavy atom. The fraction of sp³-hybridized carbons (Fsp3) is 0.200. The second-order valence-corrected chi connectivity index (χ2v) is 7.39. The van der Waals surface area contributed by atoms with Crippen LogP contribution in [-0.2, 0) is 11.2 Å². The maximum atomic E-state index is 13.6. The van der Waals surface area contributed by atoms with Crippen molar-refractivity contribution < 1.29 is 14.4 Å². The number of allylic oxidation sites excluding steroid dienone is 4. The number of carbonyl (C=O) groups is 3. The fourth-order valence-electron chi connectivity index (χ4n) is 3.70. The van der Waals surface area contributed by atoms with Crippen molar-refractivity contribution in [2.24, 2.45) is 5.73 Å². The van der Waals surface area contributed by atoms with Gasteiger partial charge < -0.3 is 15.5 Å². The molecule has 33 heavy (non-hydrogen) atoms. The van der Waals surface area contributed by atoms with Gasteiger partial charge >= 0.3 is 0 Å². The highest BCUT2D eigenvalue weighted by Crippen LogP contribution is 2.27. The largest absolute Gasteiger partial charge is 0.364 e. The molecular weight excluding hydrogens is 418 g/mol. The molecular formula is C25H27N5O3. The van der Waals surface area contributed by atoms with Gasteiger partial charge in [-0.25, -0.2) is 4.68 Å². The molecule has 0 saturated heterocycles. The number of fused-ring (bicyclic) bond motifs is 1. The molecule has 0 atom stereocenters. The van der Waals surface area contributed by atoms with Crippen LogP contribution in [0.4, 0.5) is 0 Å². The standard InChI is InChI=1S/C25H27N5O3/c1-5-17(28(4)21(31)7-3)13-14-18(6-2)29-16-15-20-22(24(26)32)27-30(23(20)25(29)33)19-11-9-8-10-12-19/h5-6,8-14H,1-2,7,15-16H2,3-4H3,(H2,26,32)/b17-13+,18-14+. The van der Waals surface area contributed by atoms with Crippen molar-refractivity contribution in [1.82, 2.24) is 19.6 Å². The number of hydrogen-bond acceptors (Lipinski definition) is 4. The molecule has 2 aromatic rings. The Labute approximate surface area is 193 Å². The first kappa shape index (κ1) is 23.5. The molecule has 1 aliphatic heterocycles. The molecule has 170 valence electrons. The Hall–Kier alpha value is -4.20. The molecule has 8 heteroatoms. The van der Waals surface area contributed by atoms with Crippen LogP contribution in [0.15, 0.2) is 79.2 Å². The minimum absolute atomic E-state index is 0.0564. The molecule has 2 N–H and O–H groups in total. The monoisotopic (exact) mass is 445 g/mol. The highest BCUT2D eigenvalue weighted by molar-refractivity contribution is 6.02. The molecule has 8 nitrogen and oxygen atoms in total. The normalized spacial score (nSPS) is 14.0. The minimum atomic E-state index is -0.677. The molecule has 0 radical (unpaired) electrons. The number of aromatic nitrogens is 2. The Kier molecular flexibility index (Phi) is 7.07. The van der Waals surface area contributed by atoms with Crippen LogP contribution >= 0.6 is 0 Å². The topological polar surface area (TPSA) is 102 Å². The molecule has 0 saturated carbocycles. The zero-order valence-corrected chi connectivity index (χ0v) is 18.8. The summed E-state index contributed by atoms with van der Waals surface area (Å²) in [6.07, 6.45) is 7.33. The summed E-state index contributed by atoms with van der Waals surface area (Å²) in [4.78, 5) is 40.7. The van der Waals surface area contributed by atoms with E-state index in [0.717, 1.165) is 0 Å². The first-order valence-corrected chi connectivity index (χ1v) is 10.6.